The lowest BCUT2D eigenvalue weighted by atomic mass is 10.1. The predicted octanol–water partition coefficient (Wildman–Crippen LogP) is 1.97. The van der Waals surface area contributed by atoms with Crippen LogP contribution in [0.3, 0.4) is 0 Å². The molecule has 1 fully saturated rings. The fourth-order valence-electron chi connectivity index (χ4n) is 3.46. The first-order valence-electron chi connectivity index (χ1n) is 8.94. The first-order valence-corrected chi connectivity index (χ1v) is 8.94. The Morgan fingerprint density at radius 2 is 2.23 bits per heavy atom. The van der Waals surface area contributed by atoms with Crippen LogP contribution in [0.15, 0.2) is 23.2 Å². The van der Waals surface area contributed by atoms with Crippen molar-refractivity contribution in [3.8, 4) is 5.75 Å². The van der Waals surface area contributed by atoms with Crippen LogP contribution < -0.4 is 15.4 Å². The number of halogens is 3. The summed E-state index contributed by atoms with van der Waals surface area (Å²) in [5.74, 6) is 1.61. The largest absolute Gasteiger partial charge is 0.493 e. The second-order valence-corrected chi connectivity index (χ2v) is 6.77. The Bertz CT molecular complexity index is 648. The van der Waals surface area contributed by atoms with Crippen molar-refractivity contribution in [1.82, 2.24) is 15.5 Å². The van der Waals surface area contributed by atoms with Crippen LogP contribution in [0, 0.1) is 0 Å². The molecule has 2 aliphatic heterocycles. The van der Waals surface area contributed by atoms with Crippen LogP contribution in [0.4, 0.5) is 13.2 Å². The van der Waals surface area contributed by atoms with E-state index in [0.717, 1.165) is 25.2 Å². The van der Waals surface area contributed by atoms with Gasteiger partial charge in [-0.3, -0.25) is 9.89 Å². The van der Waals surface area contributed by atoms with Gasteiger partial charge in [-0.05, 0) is 30.0 Å². The highest BCUT2D eigenvalue weighted by molar-refractivity contribution is 5.80. The van der Waals surface area contributed by atoms with E-state index in [4.69, 9.17) is 4.74 Å². The van der Waals surface area contributed by atoms with Crippen LogP contribution >= 0.6 is 0 Å². The molecule has 0 amide bonds. The normalized spacial score (nSPS) is 20.8. The maximum Gasteiger partial charge on any atom is 0.401 e. The number of likely N-dealkylation sites (tertiary alicyclic amines) is 1. The summed E-state index contributed by atoms with van der Waals surface area (Å²) in [7, 11) is 1.67. The molecule has 1 saturated heterocycles. The molecule has 2 N–H and O–H groups in total. The molecule has 0 spiro atoms. The monoisotopic (exact) mass is 370 g/mol. The third kappa shape index (κ3) is 5.27. The van der Waals surface area contributed by atoms with Gasteiger partial charge in [0, 0.05) is 39.1 Å². The summed E-state index contributed by atoms with van der Waals surface area (Å²) >= 11 is 0. The molecule has 8 heteroatoms. The number of rotatable bonds is 5. The molecule has 5 nitrogen and oxygen atoms in total. The first-order chi connectivity index (χ1) is 12.4. The Balaban J connectivity index is 1.41. The van der Waals surface area contributed by atoms with Gasteiger partial charge in [0.05, 0.1) is 13.2 Å². The maximum absolute atomic E-state index is 12.5. The lowest BCUT2D eigenvalue weighted by Gasteiger charge is -2.19. The second-order valence-electron chi connectivity index (χ2n) is 6.77. The van der Waals surface area contributed by atoms with Crippen LogP contribution in [0.5, 0.6) is 5.75 Å². The summed E-state index contributed by atoms with van der Waals surface area (Å²) in [6, 6.07) is 6.24. The van der Waals surface area contributed by atoms with Crippen molar-refractivity contribution >= 4 is 5.96 Å². The molecule has 1 aromatic rings. The zero-order chi connectivity index (χ0) is 18.6. The molecule has 144 valence electrons. The third-order valence-electron chi connectivity index (χ3n) is 4.70. The van der Waals surface area contributed by atoms with Gasteiger partial charge in [0.15, 0.2) is 5.96 Å². The molecule has 0 aromatic heterocycles. The van der Waals surface area contributed by atoms with Gasteiger partial charge < -0.3 is 15.4 Å². The Hall–Kier alpha value is -1.96. The van der Waals surface area contributed by atoms with E-state index in [1.165, 1.54) is 16.0 Å². The zero-order valence-electron chi connectivity index (χ0n) is 14.9. The number of alkyl halides is 3. The topological polar surface area (TPSA) is 48.9 Å². The summed E-state index contributed by atoms with van der Waals surface area (Å²) in [6.07, 6.45) is -1.66. The van der Waals surface area contributed by atoms with Gasteiger partial charge in [-0.15, -0.1) is 0 Å². The van der Waals surface area contributed by atoms with Crippen LogP contribution in [-0.2, 0) is 12.8 Å². The van der Waals surface area contributed by atoms with E-state index in [2.05, 4.69) is 27.8 Å². The highest BCUT2D eigenvalue weighted by atomic mass is 19.4. The molecule has 26 heavy (non-hydrogen) atoms. The van der Waals surface area contributed by atoms with E-state index in [1.807, 2.05) is 6.07 Å². The minimum atomic E-state index is -4.14. The fourth-order valence-corrected chi connectivity index (χ4v) is 3.46. The highest BCUT2D eigenvalue weighted by Gasteiger charge is 2.34. The molecule has 2 heterocycles. The lowest BCUT2D eigenvalue weighted by Crippen LogP contribution is -2.45. The van der Waals surface area contributed by atoms with Crippen LogP contribution in [0.1, 0.15) is 17.5 Å². The van der Waals surface area contributed by atoms with Gasteiger partial charge in [0.1, 0.15) is 5.75 Å². The van der Waals surface area contributed by atoms with E-state index in [0.29, 0.717) is 32.0 Å². The molecule has 0 bridgehead atoms. The molecule has 1 atom stereocenters. The number of nitrogens with zero attached hydrogens (tertiary/aromatic N) is 2. The minimum absolute atomic E-state index is 0.0132. The van der Waals surface area contributed by atoms with Crippen molar-refractivity contribution < 1.29 is 17.9 Å². The Morgan fingerprint density at radius 3 is 3.00 bits per heavy atom. The molecule has 3 rings (SSSR count). The van der Waals surface area contributed by atoms with Crippen molar-refractivity contribution in [3.05, 3.63) is 29.3 Å². The summed E-state index contributed by atoms with van der Waals surface area (Å²) in [5, 5.41) is 6.46. The predicted molar refractivity (Wildman–Crippen MR) is 94.7 cm³/mol. The van der Waals surface area contributed by atoms with Gasteiger partial charge in [-0.1, -0.05) is 12.1 Å². The lowest BCUT2D eigenvalue weighted by molar-refractivity contribution is -0.143. The van der Waals surface area contributed by atoms with Gasteiger partial charge in [-0.25, -0.2) is 0 Å². The summed E-state index contributed by atoms with van der Waals surface area (Å²) in [5.41, 5.74) is 2.48. The van der Waals surface area contributed by atoms with Crippen LogP contribution in [0.25, 0.3) is 0 Å². The summed E-state index contributed by atoms with van der Waals surface area (Å²) < 4.78 is 42.9. The molecule has 0 saturated carbocycles. The van der Waals surface area contributed by atoms with E-state index in [9.17, 15) is 13.2 Å². The summed E-state index contributed by atoms with van der Waals surface area (Å²) in [4.78, 5) is 5.60. The Morgan fingerprint density at radius 1 is 1.38 bits per heavy atom. The minimum Gasteiger partial charge on any atom is -0.493 e. The number of nitrogens with one attached hydrogen (secondary N) is 2. The number of benzene rings is 1. The molecule has 2 aliphatic rings. The van der Waals surface area contributed by atoms with E-state index in [-0.39, 0.29) is 6.04 Å². The van der Waals surface area contributed by atoms with Gasteiger partial charge in [0.25, 0.3) is 0 Å². The van der Waals surface area contributed by atoms with Crippen molar-refractivity contribution in [3.63, 3.8) is 0 Å². The van der Waals surface area contributed by atoms with Crippen molar-refractivity contribution in [2.24, 2.45) is 4.99 Å². The molecular weight excluding hydrogens is 345 g/mol. The van der Waals surface area contributed by atoms with Crippen LogP contribution in [0.2, 0.25) is 0 Å². The number of aliphatic imine (C=N–C) groups is 1. The zero-order valence-corrected chi connectivity index (χ0v) is 14.9. The third-order valence-corrected chi connectivity index (χ3v) is 4.70. The standard InChI is InChI=1S/C18H25F3N4O/c1-22-17(24-15-5-8-25(11-15)12-18(19,20)21)23-7-4-13-2-3-16-14(10-13)6-9-26-16/h2-3,10,15H,4-9,11-12H2,1H3,(H2,22,23,24). The molecule has 1 unspecified atom stereocenters. The smallest absolute Gasteiger partial charge is 0.401 e. The Labute approximate surface area is 151 Å². The van der Waals surface area contributed by atoms with Crippen molar-refractivity contribution in [2.45, 2.75) is 31.5 Å². The van der Waals surface area contributed by atoms with E-state index < -0.39 is 12.7 Å². The van der Waals surface area contributed by atoms with E-state index >= 15 is 0 Å². The van der Waals surface area contributed by atoms with Gasteiger partial charge in [-0.2, -0.15) is 13.2 Å². The maximum atomic E-state index is 12.5. The molecule has 1 aromatic carbocycles. The first kappa shape index (κ1) is 18.8. The molecule has 0 aliphatic carbocycles. The quantitative estimate of drug-likeness (QED) is 0.615. The van der Waals surface area contributed by atoms with Gasteiger partial charge in [0.2, 0.25) is 0 Å². The summed E-state index contributed by atoms with van der Waals surface area (Å²) in [6.45, 7) is 1.44. The number of fused-ring (bicyclic) bond motifs is 1. The average Bonchev–Trinajstić information content (AvgIpc) is 3.21. The van der Waals surface area contributed by atoms with Crippen molar-refractivity contribution in [1.29, 1.82) is 0 Å². The van der Waals surface area contributed by atoms with Gasteiger partial charge >= 0.3 is 6.18 Å². The number of hydrogen-bond donors (Lipinski definition) is 2. The fraction of sp³-hybridized carbons (Fsp3) is 0.611. The highest BCUT2D eigenvalue weighted by Crippen LogP contribution is 2.25. The number of guanidine groups is 1. The van der Waals surface area contributed by atoms with Crippen LogP contribution in [-0.4, -0.2) is 62.9 Å². The average molecular weight is 370 g/mol. The molecule has 0 radical (unpaired) electrons. The Kier molecular flexibility index (Phi) is 5.90. The number of hydrogen-bond acceptors (Lipinski definition) is 3. The van der Waals surface area contributed by atoms with E-state index in [1.54, 1.807) is 7.05 Å². The SMILES string of the molecule is CN=C(NCCc1ccc2c(c1)CCO2)NC1CCN(CC(F)(F)F)C1. The molecular formula is C18H25F3N4O. The van der Waals surface area contributed by atoms with Crippen molar-refractivity contribution in [2.75, 3.05) is 39.8 Å². The second kappa shape index (κ2) is 8.16. The number of ether oxygens (including phenoxy) is 1.